The molecule has 0 saturated carbocycles. The molecule has 116 valence electrons. The third kappa shape index (κ3) is 4.70. The fourth-order valence-electron chi connectivity index (χ4n) is 1.91. The minimum Gasteiger partial charge on any atom is -0.487 e. The number of fused-ring (bicyclic) bond motifs is 1. The maximum atomic E-state index is 5.86. The number of benzene rings is 1. The summed E-state index contributed by atoms with van der Waals surface area (Å²) >= 11 is 11.4. The molecule has 0 fully saturated rings. The van der Waals surface area contributed by atoms with Crippen LogP contribution in [0.4, 0.5) is 0 Å². The average molecular weight is 332 g/mol. The Kier molecular flexibility index (Phi) is 6.03. The Morgan fingerprint density at radius 2 is 2.10 bits per heavy atom. The molecule has 0 unspecified atom stereocenters. The van der Waals surface area contributed by atoms with Crippen LogP contribution in [0.15, 0.2) is 22.7 Å². The maximum absolute atomic E-state index is 5.86. The minimum atomic E-state index is 0.224. The first-order chi connectivity index (χ1) is 10.1. The Labute approximate surface area is 135 Å². The van der Waals surface area contributed by atoms with Crippen LogP contribution in [0.2, 0.25) is 0 Å². The van der Waals surface area contributed by atoms with Crippen molar-refractivity contribution in [1.82, 2.24) is 5.32 Å². The smallest absolute Gasteiger partial charge is 0.231 e. The summed E-state index contributed by atoms with van der Waals surface area (Å²) in [5.41, 5.74) is 2.30. The summed E-state index contributed by atoms with van der Waals surface area (Å²) in [6.45, 7) is 6.40. The van der Waals surface area contributed by atoms with Gasteiger partial charge in [-0.2, -0.15) is 0 Å². The molecule has 0 atom stereocenters. The highest BCUT2D eigenvalue weighted by molar-refractivity contribution is 6.36. The molecule has 1 heterocycles. The second-order valence-corrected chi connectivity index (χ2v) is 5.89. The van der Waals surface area contributed by atoms with Gasteiger partial charge in [-0.3, -0.25) is 0 Å². The summed E-state index contributed by atoms with van der Waals surface area (Å²) in [6, 6.07) is 3.76. The number of ether oxygens (including phenoxy) is 3. The molecular formula is C15H19Cl2NO3. The van der Waals surface area contributed by atoms with Gasteiger partial charge in [0.2, 0.25) is 6.79 Å². The van der Waals surface area contributed by atoms with Gasteiger partial charge >= 0.3 is 0 Å². The van der Waals surface area contributed by atoms with Crippen molar-refractivity contribution in [3.05, 3.63) is 28.3 Å². The summed E-state index contributed by atoms with van der Waals surface area (Å²) in [7, 11) is 0. The Hall–Kier alpha value is -1.10. The first kappa shape index (κ1) is 16.3. The summed E-state index contributed by atoms with van der Waals surface area (Å²) < 4.78 is 16.5. The van der Waals surface area contributed by atoms with Gasteiger partial charge in [-0.05, 0) is 18.5 Å². The van der Waals surface area contributed by atoms with Gasteiger partial charge in [0.1, 0.15) is 12.4 Å². The van der Waals surface area contributed by atoms with Crippen molar-refractivity contribution in [3.63, 3.8) is 0 Å². The normalized spacial score (nSPS) is 13.9. The number of rotatable bonds is 7. The van der Waals surface area contributed by atoms with Gasteiger partial charge in [0.05, 0.1) is 5.03 Å². The zero-order valence-corrected chi connectivity index (χ0v) is 13.6. The van der Waals surface area contributed by atoms with E-state index in [1.165, 1.54) is 5.54 Å². The van der Waals surface area contributed by atoms with Crippen LogP contribution < -0.4 is 19.5 Å². The van der Waals surface area contributed by atoms with Crippen molar-refractivity contribution >= 4 is 23.2 Å². The van der Waals surface area contributed by atoms with Gasteiger partial charge < -0.3 is 19.5 Å². The number of hydrogen-bond acceptors (Lipinski definition) is 4. The van der Waals surface area contributed by atoms with Gasteiger partial charge in [0, 0.05) is 23.7 Å². The summed E-state index contributed by atoms with van der Waals surface area (Å²) in [5.74, 6) is 2.72. The molecule has 0 aliphatic carbocycles. The monoisotopic (exact) mass is 331 g/mol. The van der Waals surface area contributed by atoms with Crippen molar-refractivity contribution < 1.29 is 14.2 Å². The van der Waals surface area contributed by atoms with Crippen LogP contribution >= 0.6 is 23.2 Å². The molecule has 0 radical (unpaired) electrons. The van der Waals surface area contributed by atoms with E-state index in [4.69, 9.17) is 37.4 Å². The number of hydrogen-bond donors (Lipinski definition) is 1. The highest BCUT2D eigenvalue weighted by Gasteiger charge is 2.18. The molecule has 1 aromatic rings. The van der Waals surface area contributed by atoms with Gasteiger partial charge in [-0.15, -0.1) is 0 Å². The van der Waals surface area contributed by atoms with Crippen molar-refractivity contribution in [3.8, 4) is 17.2 Å². The van der Waals surface area contributed by atoms with E-state index in [1.54, 1.807) is 0 Å². The van der Waals surface area contributed by atoms with Crippen LogP contribution in [0, 0.1) is 5.92 Å². The molecule has 21 heavy (non-hydrogen) atoms. The van der Waals surface area contributed by atoms with Crippen LogP contribution in [0.3, 0.4) is 0 Å². The maximum Gasteiger partial charge on any atom is 0.231 e. The summed E-state index contributed by atoms with van der Waals surface area (Å²) in [5, 5.41) is 3.82. The van der Waals surface area contributed by atoms with Gasteiger partial charge in [-0.1, -0.05) is 37.0 Å². The average Bonchev–Trinajstić information content (AvgIpc) is 2.91. The molecule has 0 saturated heterocycles. The lowest BCUT2D eigenvalue weighted by Crippen LogP contribution is -2.19. The highest BCUT2D eigenvalue weighted by atomic mass is 35.5. The largest absolute Gasteiger partial charge is 0.487 e. The lowest BCUT2D eigenvalue weighted by molar-refractivity contribution is 0.174. The molecule has 1 aromatic carbocycles. The quantitative estimate of drug-likeness (QED) is 0.823. The predicted octanol–water partition coefficient (Wildman–Crippen LogP) is 3.86. The Balaban J connectivity index is 2.11. The molecular weight excluding hydrogens is 313 g/mol. The Morgan fingerprint density at radius 1 is 1.38 bits per heavy atom. The van der Waals surface area contributed by atoms with Crippen molar-refractivity contribution in [2.24, 2.45) is 5.92 Å². The molecule has 1 aliphatic rings. The molecule has 0 spiro atoms. The SMILES string of the molecule is CC(C)CNCc1cc2c(cc1OCC(Cl)=CCl)OCO2. The van der Waals surface area contributed by atoms with E-state index in [1.807, 2.05) is 12.1 Å². The lowest BCUT2D eigenvalue weighted by Gasteiger charge is -2.14. The molecule has 1 N–H and O–H groups in total. The first-order valence-electron chi connectivity index (χ1n) is 6.81. The third-order valence-corrected chi connectivity index (χ3v) is 3.50. The van der Waals surface area contributed by atoms with Crippen molar-refractivity contribution in [2.75, 3.05) is 19.9 Å². The van der Waals surface area contributed by atoms with Gasteiger partial charge in [0.25, 0.3) is 0 Å². The molecule has 6 heteroatoms. The second kappa shape index (κ2) is 7.78. The fourth-order valence-corrected chi connectivity index (χ4v) is 2.03. The van der Waals surface area contributed by atoms with E-state index in [-0.39, 0.29) is 13.4 Å². The molecule has 1 aliphatic heterocycles. The molecule has 4 nitrogen and oxygen atoms in total. The highest BCUT2D eigenvalue weighted by Crippen LogP contribution is 2.38. The zero-order valence-electron chi connectivity index (χ0n) is 12.1. The number of nitrogens with one attached hydrogen (secondary N) is 1. The molecule has 0 bridgehead atoms. The Morgan fingerprint density at radius 3 is 2.76 bits per heavy atom. The van der Waals surface area contributed by atoms with Crippen LogP contribution in [0.25, 0.3) is 0 Å². The lowest BCUT2D eigenvalue weighted by atomic mass is 10.1. The molecule has 0 aromatic heterocycles. The summed E-state index contributed by atoms with van der Waals surface area (Å²) in [6.07, 6.45) is 0. The van der Waals surface area contributed by atoms with Crippen LogP contribution in [0.1, 0.15) is 19.4 Å². The topological polar surface area (TPSA) is 39.7 Å². The van der Waals surface area contributed by atoms with Gasteiger partial charge in [-0.25, -0.2) is 0 Å². The second-order valence-electron chi connectivity index (χ2n) is 5.18. The molecule has 2 rings (SSSR count). The van der Waals surface area contributed by atoms with E-state index in [0.717, 1.165) is 17.9 Å². The van der Waals surface area contributed by atoms with E-state index < -0.39 is 0 Å². The third-order valence-electron chi connectivity index (χ3n) is 2.91. The van der Waals surface area contributed by atoms with E-state index >= 15 is 0 Å². The standard InChI is InChI=1S/C15H19Cl2NO3/c1-10(2)6-18-7-11-3-14-15(21-9-20-14)4-13(11)19-8-12(17)5-16/h3-5,10,18H,6-9H2,1-2H3. The van der Waals surface area contributed by atoms with Gasteiger partial charge in [0.15, 0.2) is 11.5 Å². The predicted molar refractivity (Wildman–Crippen MR) is 84.4 cm³/mol. The minimum absolute atomic E-state index is 0.224. The van der Waals surface area contributed by atoms with Crippen LogP contribution in [-0.2, 0) is 6.54 Å². The van der Waals surface area contributed by atoms with Crippen molar-refractivity contribution in [2.45, 2.75) is 20.4 Å². The zero-order chi connectivity index (χ0) is 15.2. The van der Waals surface area contributed by atoms with Crippen molar-refractivity contribution in [1.29, 1.82) is 0 Å². The van der Waals surface area contributed by atoms with E-state index in [0.29, 0.717) is 29.0 Å². The Bertz CT molecular complexity index is 518. The van der Waals surface area contributed by atoms with E-state index in [9.17, 15) is 0 Å². The summed E-state index contributed by atoms with van der Waals surface area (Å²) in [4.78, 5) is 0. The van der Waals surface area contributed by atoms with Crippen LogP contribution in [-0.4, -0.2) is 19.9 Å². The first-order valence-corrected chi connectivity index (χ1v) is 7.62. The molecule has 0 amide bonds. The fraction of sp³-hybridized carbons (Fsp3) is 0.467. The number of halogens is 2. The van der Waals surface area contributed by atoms with Crippen LogP contribution in [0.5, 0.6) is 17.2 Å². The van der Waals surface area contributed by atoms with E-state index in [2.05, 4.69) is 19.2 Å².